The smallest absolute Gasteiger partial charge is 0.321 e. The molecule has 1 aliphatic carbocycles. The minimum absolute atomic E-state index is 0.148. The molecule has 0 bridgehead atoms. The summed E-state index contributed by atoms with van der Waals surface area (Å²) >= 11 is 0. The minimum Gasteiger partial charge on any atom is -0.497 e. The molecule has 0 spiro atoms. The Bertz CT molecular complexity index is 890. The van der Waals surface area contributed by atoms with Gasteiger partial charge in [-0.2, -0.15) is 0 Å². The molecule has 1 saturated carbocycles. The largest absolute Gasteiger partial charge is 0.497 e. The van der Waals surface area contributed by atoms with Crippen LogP contribution in [0.1, 0.15) is 51.0 Å². The Morgan fingerprint density at radius 2 is 1.92 bits per heavy atom. The number of aliphatic hydroxyl groups is 1. The number of allylic oxidation sites excluding steroid dienone is 1. The van der Waals surface area contributed by atoms with Crippen LogP contribution >= 0.6 is 0 Å². The third-order valence-corrected chi connectivity index (χ3v) is 6.71. The molecule has 2 heterocycles. The van der Waals surface area contributed by atoms with Gasteiger partial charge in [0, 0.05) is 32.1 Å². The number of urea groups is 1. The predicted octanol–water partition coefficient (Wildman–Crippen LogP) is 2.87. The molecule has 3 amide bonds. The third-order valence-electron chi connectivity index (χ3n) is 6.71. The molecule has 0 unspecified atom stereocenters. The monoisotopic (exact) mass is 501 g/mol. The first kappa shape index (κ1) is 27.5. The Morgan fingerprint density at radius 1 is 1.14 bits per heavy atom. The molecule has 4 atom stereocenters. The van der Waals surface area contributed by atoms with E-state index < -0.39 is 12.1 Å². The topological polar surface area (TPSA) is 108 Å². The van der Waals surface area contributed by atoms with Gasteiger partial charge in [0.1, 0.15) is 11.8 Å². The first-order valence-electron chi connectivity index (χ1n) is 12.9. The molecule has 3 aliphatic rings. The van der Waals surface area contributed by atoms with E-state index in [-0.39, 0.29) is 24.5 Å². The molecular formula is C27H39N3O6. The second-order valence-electron chi connectivity index (χ2n) is 9.45. The Balaban J connectivity index is 0.000000658. The Morgan fingerprint density at radius 3 is 2.58 bits per heavy atom. The molecule has 2 N–H and O–H groups in total. The number of methoxy groups -OCH3 is 1. The van der Waals surface area contributed by atoms with Crippen molar-refractivity contribution in [3.63, 3.8) is 0 Å². The van der Waals surface area contributed by atoms with E-state index >= 15 is 0 Å². The van der Waals surface area contributed by atoms with Crippen molar-refractivity contribution in [3.8, 4) is 5.75 Å². The highest BCUT2D eigenvalue weighted by Gasteiger charge is 2.44. The highest BCUT2D eigenvalue weighted by Crippen LogP contribution is 2.33. The summed E-state index contributed by atoms with van der Waals surface area (Å²) in [7, 11) is 1.63. The van der Waals surface area contributed by atoms with E-state index in [1.54, 1.807) is 18.9 Å². The van der Waals surface area contributed by atoms with Gasteiger partial charge in [0.15, 0.2) is 0 Å². The number of nitrogens with one attached hydrogen (secondary N) is 1. The van der Waals surface area contributed by atoms with Crippen molar-refractivity contribution in [3.05, 3.63) is 42.0 Å². The Labute approximate surface area is 213 Å². The van der Waals surface area contributed by atoms with Crippen molar-refractivity contribution in [2.24, 2.45) is 5.92 Å². The fraction of sp³-hybridized carbons (Fsp3) is 0.593. The fourth-order valence-corrected chi connectivity index (χ4v) is 4.60. The summed E-state index contributed by atoms with van der Waals surface area (Å²) < 4.78 is 9.38. The van der Waals surface area contributed by atoms with E-state index in [1.807, 2.05) is 29.2 Å². The summed E-state index contributed by atoms with van der Waals surface area (Å²) in [6.07, 6.45) is 9.10. The van der Waals surface area contributed by atoms with Gasteiger partial charge in [-0.3, -0.25) is 9.59 Å². The number of carbonyl (C=O) groups excluding carboxylic acids is 3. The number of hydrogen-bond acceptors (Lipinski definition) is 6. The molecule has 0 aromatic heterocycles. The van der Waals surface area contributed by atoms with E-state index in [0.717, 1.165) is 43.4 Å². The van der Waals surface area contributed by atoms with Crippen LogP contribution in [0, 0.1) is 5.92 Å². The highest BCUT2D eigenvalue weighted by atomic mass is 16.5. The van der Waals surface area contributed by atoms with Crippen LogP contribution in [-0.2, 0) is 20.9 Å². The van der Waals surface area contributed by atoms with Gasteiger partial charge < -0.3 is 29.7 Å². The minimum atomic E-state index is -0.670. The summed E-state index contributed by atoms with van der Waals surface area (Å²) in [6, 6.07) is 7.07. The first-order chi connectivity index (χ1) is 17.5. The number of nitrogens with zero attached hydrogens (tertiary/aromatic N) is 2. The standard InChI is InChI=1S/C24H33N3O4.C3H6O2/c1-31-20-10-8-17(9-11-20)15-26-12-6-4-2-3-5-7-18-13-21(18)25-23(29)22-14-19(28)16-27(22)24(26)30;1-2-5-3-4/h5,7-11,18-19,21-22,28H,2-4,6,12-16H2,1H3,(H,25,29);3H,2H2,1H3/b7-5-;/t18-,19+,21-,22+;/m1./s1. The lowest BCUT2D eigenvalue weighted by molar-refractivity contribution is -0.128. The lowest BCUT2D eigenvalue weighted by atomic mass is 10.1. The zero-order valence-corrected chi connectivity index (χ0v) is 21.3. The third kappa shape index (κ3) is 7.98. The molecule has 1 saturated heterocycles. The second kappa shape index (κ2) is 13.9. The van der Waals surface area contributed by atoms with E-state index in [0.29, 0.717) is 38.5 Å². The number of aliphatic hydroxyl groups excluding tert-OH is 1. The van der Waals surface area contributed by atoms with Gasteiger partial charge in [0.2, 0.25) is 5.91 Å². The van der Waals surface area contributed by atoms with Crippen LogP contribution in [0.2, 0.25) is 0 Å². The summed E-state index contributed by atoms with van der Waals surface area (Å²) in [4.78, 5) is 39.0. The molecule has 2 fully saturated rings. The highest BCUT2D eigenvalue weighted by molar-refractivity contribution is 5.88. The van der Waals surface area contributed by atoms with Crippen molar-refractivity contribution in [2.75, 3.05) is 26.8 Å². The van der Waals surface area contributed by atoms with Crippen molar-refractivity contribution in [1.29, 1.82) is 0 Å². The molecule has 9 nitrogen and oxygen atoms in total. The molecule has 36 heavy (non-hydrogen) atoms. The fourth-order valence-electron chi connectivity index (χ4n) is 4.60. The number of ether oxygens (including phenoxy) is 2. The number of amides is 3. The van der Waals surface area contributed by atoms with Gasteiger partial charge in [-0.1, -0.05) is 30.7 Å². The van der Waals surface area contributed by atoms with Crippen LogP contribution in [0.5, 0.6) is 5.75 Å². The Hall–Kier alpha value is -3.07. The number of hydrogen-bond donors (Lipinski definition) is 2. The maximum Gasteiger partial charge on any atom is 0.321 e. The molecular weight excluding hydrogens is 462 g/mol. The van der Waals surface area contributed by atoms with Gasteiger partial charge in [-0.15, -0.1) is 0 Å². The van der Waals surface area contributed by atoms with Gasteiger partial charge >= 0.3 is 6.03 Å². The summed E-state index contributed by atoms with van der Waals surface area (Å²) in [5.74, 6) is 1.03. The number of rotatable bonds is 5. The molecule has 2 aliphatic heterocycles. The number of carbonyl (C=O) groups is 3. The van der Waals surface area contributed by atoms with Crippen LogP contribution in [0.4, 0.5) is 4.79 Å². The Kier molecular flexibility index (Phi) is 10.6. The molecule has 1 aromatic rings. The van der Waals surface area contributed by atoms with Crippen molar-refractivity contribution in [1.82, 2.24) is 15.1 Å². The van der Waals surface area contributed by atoms with Gasteiger partial charge in [-0.25, -0.2) is 4.79 Å². The molecule has 0 radical (unpaired) electrons. The van der Waals surface area contributed by atoms with Crippen LogP contribution in [0.15, 0.2) is 36.4 Å². The van der Waals surface area contributed by atoms with Crippen LogP contribution in [0.25, 0.3) is 0 Å². The van der Waals surface area contributed by atoms with Crippen molar-refractivity contribution in [2.45, 2.75) is 70.2 Å². The first-order valence-corrected chi connectivity index (χ1v) is 12.9. The van der Waals surface area contributed by atoms with Gasteiger partial charge in [-0.05, 0) is 56.2 Å². The SMILES string of the molecule is CCOC=O.COc1ccc(CN2CCCCC/C=C\[C@@H]3C[C@H]3NC(=O)[C@@H]3C[C@H](O)CN3C2=O)cc1. The lowest BCUT2D eigenvalue weighted by Crippen LogP contribution is -2.51. The lowest BCUT2D eigenvalue weighted by Gasteiger charge is -2.31. The van der Waals surface area contributed by atoms with E-state index in [1.165, 1.54) is 0 Å². The van der Waals surface area contributed by atoms with Crippen LogP contribution < -0.4 is 10.1 Å². The van der Waals surface area contributed by atoms with Crippen molar-refractivity contribution < 1.29 is 29.0 Å². The van der Waals surface area contributed by atoms with E-state index in [9.17, 15) is 19.5 Å². The number of fused-ring (bicyclic) bond motifs is 2. The molecule has 4 rings (SSSR count). The predicted molar refractivity (Wildman–Crippen MR) is 135 cm³/mol. The van der Waals surface area contributed by atoms with Gasteiger partial charge in [0.25, 0.3) is 6.47 Å². The normalized spacial score (nSPS) is 27.2. The van der Waals surface area contributed by atoms with Crippen LogP contribution in [-0.4, -0.2) is 78.3 Å². The number of benzene rings is 1. The zero-order valence-electron chi connectivity index (χ0n) is 21.3. The van der Waals surface area contributed by atoms with E-state index in [2.05, 4.69) is 22.2 Å². The average Bonchev–Trinajstić information content (AvgIpc) is 3.49. The second-order valence-corrected chi connectivity index (χ2v) is 9.45. The summed E-state index contributed by atoms with van der Waals surface area (Å²) in [5.41, 5.74) is 1.01. The maximum absolute atomic E-state index is 13.5. The van der Waals surface area contributed by atoms with Crippen LogP contribution in [0.3, 0.4) is 0 Å². The van der Waals surface area contributed by atoms with Gasteiger partial charge in [0.05, 0.1) is 19.8 Å². The average molecular weight is 502 g/mol. The molecule has 9 heteroatoms. The quantitative estimate of drug-likeness (QED) is 0.475. The summed E-state index contributed by atoms with van der Waals surface area (Å²) in [5, 5.41) is 13.3. The van der Waals surface area contributed by atoms with Crippen molar-refractivity contribution >= 4 is 18.4 Å². The maximum atomic E-state index is 13.5. The van der Waals surface area contributed by atoms with E-state index in [4.69, 9.17) is 4.74 Å². The zero-order chi connectivity index (χ0) is 25.9. The summed E-state index contributed by atoms with van der Waals surface area (Å²) in [6.45, 7) is 3.96. The molecule has 198 valence electrons. The molecule has 1 aromatic carbocycles.